The van der Waals surface area contributed by atoms with E-state index >= 15 is 0 Å². The lowest BCUT2D eigenvalue weighted by atomic mass is 9.97. The summed E-state index contributed by atoms with van der Waals surface area (Å²) in [5.74, 6) is 1.73. The molecule has 2 aromatic heterocycles. The largest absolute Gasteiger partial charge is 0.357 e. The fraction of sp³-hybridized carbons (Fsp3) is 0.600. The second kappa shape index (κ2) is 12.4. The standard InChI is InChI=1S/C20H32N6S.HI/c1-3-21-20(22-10-14-26-11-5-9-24-26)23-16-18(19-6-4-15-27-19)25-12-7-17(2)8-13-25;/h4-6,9,11,15,17-18H,3,7-8,10,12-14,16H2,1-2H3,(H2,21,22,23);1H. The van der Waals surface area contributed by atoms with Crippen LogP contribution in [-0.4, -0.2) is 53.4 Å². The van der Waals surface area contributed by atoms with E-state index in [0.717, 1.165) is 38.1 Å². The van der Waals surface area contributed by atoms with E-state index in [-0.39, 0.29) is 24.0 Å². The summed E-state index contributed by atoms with van der Waals surface area (Å²) >= 11 is 1.84. The summed E-state index contributed by atoms with van der Waals surface area (Å²) in [6.45, 7) is 10.1. The second-order valence-corrected chi connectivity index (χ2v) is 8.14. The number of guanidine groups is 1. The molecule has 0 amide bonds. The maximum Gasteiger partial charge on any atom is 0.191 e. The van der Waals surface area contributed by atoms with E-state index in [4.69, 9.17) is 4.99 Å². The van der Waals surface area contributed by atoms with Crippen LogP contribution in [0.1, 0.15) is 37.6 Å². The van der Waals surface area contributed by atoms with Gasteiger partial charge in [0.15, 0.2) is 5.96 Å². The van der Waals surface area contributed by atoms with E-state index in [2.05, 4.69) is 52.0 Å². The Morgan fingerprint density at radius 1 is 1.32 bits per heavy atom. The summed E-state index contributed by atoms with van der Waals surface area (Å²) in [5.41, 5.74) is 0. The van der Waals surface area contributed by atoms with Gasteiger partial charge in [-0.1, -0.05) is 13.0 Å². The fourth-order valence-corrected chi connectivity index (χ4v) is 4.30. The van der Waals surface area contributed by atoms with Crippen LogP contribution in [-0.2, 0) is 6.54 Å². The van der Waals surface area contributed by atoms with Crippen molar-refractivity contribution < 1.29 is 0 Å². The zero-order chi connectivity index (χ0) is 18.9. The number of hydrogen-bond donors (Lipinski definition) is 2. The molecular formula is C20H33IN6S. The van der Waals surface area contributed by atoms with E-state index in [1.54, 1.807) is 0 Å². The highest BCUT2D eigenvalue weighted by atomic mass is 127. The van der Waals surface area contributed by atoms with E-state index in [9.17, 15) is 0 Å². The molecule has 1 unspecified atom stereocenters. The quantitative estimate of drug-likeness (QED) is 0.320. The van der Waals surface area contributed by atoms with Crippen molar-refractivity contribution >= 4 is 41.3 Å². The first-order chi connectivity index (χ1) is 13.3. The van der Waals surface area contributed by atoms with Crippen molar-refractivity contribution in [2.24, 2.45) is 10.9 Å². The molecule has 3 heterocycles. The topological polar surface area (TPSA) is 57.5 Å². The minimum Gasteiger partial charge on any atom is -0.357 e. The van der Waals surface area contributed by atoms with Gasteiger partial charge in [0.25, 0.3) is 0 Å². The molecule has 3 rings (SSSR count). The van der Waals surface area contributed by atoms with Gasteiger partial charge < -0.3 is 10.6 Å². The van der Waals surface area contributed by atoms with Gasteiger partial charge in [0, 0.05) is 30.4 Å². The number of aromatic nitrogens is 2. The highest BCUT2D eigenvalue weighted by molar-refractivity contribution is 14.0. The monoisotopic (exact) mass is 516 g/mol. The lowest BCUT2D eigenvalue weighted by Gasteiger charge is -2.35. The smallest absolute Gasteiger partial charge is 0.191 e. The Morgan fingerprint density at radius 3 is 2.79 bits per heavy atom. The van der Waals surface area contributed by atoms with Crippen LogP contribution in [0.15, 0.2) is 41.0 Å². The number of hydrogen-bond acceptors (Lipinski definition) is 4. The van der Waals surface area contributed by atoms with Crippen LogP contribution in [0.4, 0.5) is 0 Å². The minimum atomic E-state index is 0. The molecule has 0 aliphatic carbocycles. The van der Waals surface area contributed by atoms with Crippen LogP contribution in [0.2, 0.25) is 0 Å². The maximum atomic E-state index is 4.91. The van der Waals surface area contributed by atoms with Crippen molar-refractivity contribution in [2.45, 2.75) is 39.3 Å². The van der Waals surface area contributed by atoms with Crippen molar-refractivity contribution in [3.8, 4) is 0 Å². The van der Waals surface area contributed by atoms with Crippen LogP contribution in [0.3, 0.4) is 0 Å². The third-order valence-electron chi connectivity index (χ3n) is 5.09. The van der Waals surface area contributed by atoms with E-state index < -0.39 is 0 Å². The first-order valence-corrected chi connectivity index (χ1v) is 10.9. The van der Waals surface area contributed by atoms with Gasteiger partial charge >= 0.3 is 0 Å². The molecule has 0 radical (unpaired) electrons. The number of nitrogens with one attached hydrogen (secondary N) is 2. The third kappa shape index (κ3) is 7.04. The van der Waals surface area contributed by atoms with Gasteiger partial charge in [-0.2, -0.15) is 5.10 Å². The predicted molar refractivity (Wildman–Crippen MR) is 129 cm³/mol. The average Bonchev–Trinajstić information content (AvgIpc) is 3.37. The zero-order valence-corrected chi connectivity index (χ0v) is 20.0. The lowest BCUT2D eigenvalue weighted by molar-refractivity contribution is 0.143. The molecule has 8 heteroatoms. The van der Waals surface area contributed by atoms with Crippen LogP contribution in [0, 0.1) is 5.92 Å². The van der Waals surface area contributed by atoms with Gasteiger partial charge in [-0.3, -0.25) is 14.6 Å². The molecule has 1 aliphatic heterocycles. The van der Waals surface area contributed by atoms with Crippen LogP contribution in [0.25, 0.3) is 0 Å². The molecule has 1 aliphatic rings. The van der Waals surface area contributed by atoms with Crippen molar-refractivity contribution in [3.63, 3.8) is 0 Å². The summed E-state index contributed by atoms with van der Waals surface area (Å²) in [7, 11) is 0. The van der Waals surface area contributed by atoms with Crippen molar-refractivity contribution in [2.75, 3.05) is 32.7 Å². The Bertz CT molecular complexity index is 665. The molecule has 28 heavy (non-hydrogen) atoms. The Labute approximate surface area is 189 Å². The highest BCUT2D eigenvalue weighted by Gasteiger charge is 2.25. The van der Waals surface area contributed by atoms with Crippen LogP contribution < -0.4 is 10.6 Å². The lowest BCUT2D eigenvalue weighted by Crippen LogP contribution is -2.41. The first-order valence-electron chi connectivity index (χ1n) is 10.0. The van der Waals surface area contributed by atoms with Gasteiger partial charge in [-0.05, 0) is 56.3 Å². The number of likely N-dealkylation sites (tertiary alicyclic amines) is 1. The van der Waals surface area contributed by atoms with Gasteiger partial charge in [-0.25, -0.2) is 0 Å². The number of rotatable bonds is 8. The summed E-state index contributed by atoms with van der Waals surface area (Å²) in [5, 5.41) is 13.2. The molecule has 1 atom stereocenters. The average molecular weight is 516 g/mol. The predicted octanol–water partition coefficient (Wildman–Crippen LogP) is 3.59. The summed E-state index contributed by atoms with van der Waals surface area (Å²) in [6.07, 6.45) is 6.36. The van der Waals surface area contributed by atoms with Crippen LogP contribution >= 0.6 is 35.3 Å². The summed E-state index contributed by atoms with van der Waals surface area (Å²) in [4.78, 5) is 8.94. The molecule has 0 saturated carbocycles. The van der Waals surface area contributed by atoms with Crippen molar-refractivity contribution in [3.05, 3.63) is 40.8 Å². The molecular weight excluding hydrogens is 483 g/mol. The number of thiophene rings is 1. The Kier molecular flexibility index (Phi) is 10.3. The molecule has 1 saturated heterocycles. The number of nitrogens with zero attached hydrogens (tertiary/aromatic N) is 4. The second-order valence-electron chi connectivity index (χ2n) is 7.17. The van der Waals surface area contributed by atoms with Gasteiger partial charge in [0.05, 0.1) is 19.1 Å². The minimum absolute atomic E-state index is 0. The zero-order valence-electron chi connectivity index (χ0n) is 16.9. The van der Waals surface area contributed by atoms with Gasteiger partial charge in [0.1, 0.15) is 0 Å². The number of aliphatic imine (C=N–C) groups is 1. The van der Waals surface area contributed by atoms with Crippen molar-refractivity contribution in [1.29, 1.82) is 0 Å². The number of piperidine rings is 1. The van der Waals surface area contributed by atoms with Crippen molar-refractivity contribution in [1.82, 2.24) is 25.3 Å². The Hall–Kier alpha value is -1.13. The Morgan fingerprint density at radius 2 is 2.14 bits per heavy atom. The molecule has 6 nitrogen and oxygen atoms in total. The third-order valence-corrected chi connectivity index (χ3v) is 6.06. The van der Waals surface area contributed by atoms with E-state index in [1.807, 2.05) is 34.5 Å². The van der Waals surface area contributed by atoms with E-state index in [0.29, 0.717) is 6.04 Å². The SMILES string of the molecule is CCNC(=NCC(c1cccs1)N1CCC(C)CC1)NCCn1cccn1.I. The molecule has 1 fully saturated rings. The molecule has 2 aromatic rings. The molecule has 0 bridgehead atoms. The summed E-state index contributed by atoms with van der Waals surface area (Å²) in [6, 6.07) is 6.72. The Balaban J connectivity index is 0.00000280. The number of halogens is 1. The fourth-order valence-electron chi connectivity index (χ4n) is 3.45. The normalized spacial score (nSPS) is 17.1. The highest BCUT2D eigenvalue weighted by Crippen LogP contribution is 2.29. The first kappa shape index (κ1) is 23.2. The summed E-state index contributed by atoms with van der Waals surface area (Å²) < 4.78 is 1.93. The van der Waals surface area contributed by atoms with Crippen LogP contribution in [0.5, 0.6) is 0 Å². The van der Waals surface area contributed by atoms with E-state index in [1.165, 1.54) is 30.8 Å². The van der Waals surface area contributed by atoms with Gasteiger partial charge in [0.2, 0.25) is 0 Å². The molecule has 0 aromatic carbocycles. The molecule has 156 valence electrons. The van der Waals surface area contributed by atoms with Gasteiger partial charge in [-0.15, -0.1) is 35.3 Å². The molecule has 2 N–H and O–H groups in total. The maximum absolute atomic E-state index is 4.91. The molecule has 0 spiro atoms.